The zero-order chi connectivity index (χ0) is 16.5. The van der Waals surface area contributed by atoms with Crippen molar-refractivity contribution in [3.8, 4) is 0 Å². The van der Waals surface area contributed by atoms with Gasteiger partial charge < -0.3 is 16.4 Å². The summed E-state index contributed by atoms with van der Waals surface area (Å²) >= 11 is 0. The van der Waals surface area contributed by atoms with Crippen molar-refractivity contribution in [2.24, 2.45) is 11.8 Å². The Kier molecular flexibility index (Phi) is 4.56. The molecule has 10 nitrogen and oxygen atoms in total. The van der Waals surface area contributed by atoms with Crippen LogP contribution in [0.5, 0.6) is 0 Å². The molecule has 0 amide bonds. The molecular weight excluding hydrogens is 312 g/mol. The van der Waals surface area contributed by atoms with E-state index in [0.29, 0.717) is 22.5 Å². The molecule has 1 fully saturated rings. The lowest BCUT2D eigenvalue weighted by atomic mass is 9.88. The van der Waals surface area contributed by atoms with Gasteiger partial charge in [-0.15, -0.1) is 0 Å². The third-order valence-corrected chi connectivity index (χ3v) is 4.03. The highest BCUT2D eigenvalue weighted by Gasteiger charge is 2.29. The van der Waals surface area contributed by atoms with E-state index < -0.39 is 10.4 Å². The fourth-order valence-corrected chi connectivity index (χ4v) is 2.83. The Morgan fingerprint density at radius 1 is 1.36 bits per heavy atom. The number of aromatic nitrogens is 3. The van der Waals surface area contributed by atoms with E-state index in [4.69, 9.17) is 16.0 Å². The number of nitrogens with zero attached hydrogens (tertiary/aromatic N) is 4. The molecule has 1 saturated heterocycles. The molecule has 2 rings (SSSR count). The minimum atomic E-state index is -4.77. The third-order valence-electron chi connectivity index (χ3n) is 3.70. The minimum Gasteiger partial charge on any atom is -0.324 e. The molecule has 1 aliphatic rings. The van der Waals surface area contributed by atoms with E-state index >= 15 is 0 Å². The normalized spacial score (nSPS) is 19.5. The highest BCUT2D eigenvalue weighted by molar-refractivity contribution is 7.80. The topological polar surface area (TPSA) is 149 Å². The predicted molar refractivity (Wildman–Crippen MR) is 79.0 cm³/mol. The molecule has 1 unspecified atom stereocenters. The fourth-order valence-electron chi connectivity index (χ4n) is 2.49. The van der Waals surface area contributed by atoms with Crippen LogP contribution in [0.2, 0.25) is 0 Å². The highest BCUT2D eigenvalue weighted by atomic mass is 32.3. The smallest absolute Gasteiger partial charge is 0.324 e. The molecule has 0 aromatic carbocycles. The Balaban J connectivity index is 2.26. The van der Waals surface area contributed by atoms with Gasteiger partial charge in [-0.25, -0.2) is 4.28 Å². The van der Waals surface area contributed by atoms with E-state index in [2.05, 4.69) is 28.1 Å². The van der Waals surface area contributed by atoms with E-state index in [-0.39, 0.29) is 11.9 Å². The van der Waals surface area contributed by atoms with Crippen LogP contribution in [0.15, 0.2) is 0 Å². The first-order valence-electron chi connectivity index (χ1n) is 6.94. The summed E-state index contributed by atoms with van der Waals surface area (Å²) in [5.41, 5.74) is 11.3. The molecule has 22 heavy (non-hydrogen) atoms. The molecule has 11 heteroatoms. The first kappa shape index (κ1) is 16.5. The lowest BCUT2D eigenvalue weighted by molar-refractivity contribution is -0.836. The number of anilines is 3. The molecule has 0 radical (unpaired) electrons. The van der Waals surface area contributed by atoms with Crippen LogP contribution in [-0.2, 0) is 10.4 Å². The molecule has 1 aromatic heterocycles. The largest absolute Gasteiger partial charge is 0.472 e. The zero-order valence-electron chi connectivity index (χ0n) is 12.5. The predicted octanol–water partition coefficient (Wildman–Crippen LogP) is -0.968. The van der Waals surface area contributed by atoms with Gasteiger partial charge >= 0.3 is 28.2 Å². The van der Waals surface area contributed by atoms with Gasteiger partial charge in [0.15, 0.2) is 0 Å². The van der Waals surface area contributed by atoms with Crippen LogP contribution in [0.1, 0.15) is 26.7 Å². The van der Waals surface area contributed by atoms with Gasteiger partial charge in [-0.1, -0.05) is 23.8 Å². The molecule has 1 aromatic rings. The zero-order valence-corrected chi connectivity index (χ0v) is 13.3. The van der Waals surface area contributed by atoms with Crippen LogP contribution in [-0.4, -0.2) is 36.0 Å². The lowest BCUT2D eigenvalue weighted by Crippen LogP contribution is -2.52. The number of hydrogen-bond donors (Lipinski definition) is 3. The van der Waals surface area contributed by atoms with E-state index in [0.717, 1.165) is 25.9 Å². The summed E-state index contributed by atoms with van der Waals surface area (Å²) in [6.45, 7) is 5.87. The Morgan fingerprint density at radius 2 is 1.95 bits per heavy atom. The molecule has 2 heterocycles. The lowest BCUT2D eigenvalue weighted by Gasteiger charge is -2.33. The average Bonchev–Trinajstić information content (AvgIpc) is 2.41. The molecule has 0 spiro atoms. The second-order valence-electron chi connectivity index (χ2n) is 5.63. The molecule has 124 valence electrons. The van der Waals surface area contributed by atoms with Crippen molar-refractivity contribution in [2.45, 2.75) is 26.7 Å². The van der Waals surface area contributed by atoms with Crippen LogP contribution < -0.4 is 25.4 Å². The molecule has 0 bridgehead atoms. The van der Waals surface area contributed by atoms with Crippen molar-refractivity contribution in [3.63, 3.8) is 0 Å². The van der Waals surface area contributed by atoms with Gasteiger partial charge in [-0.2, -0.15) is 8.42 Å². The Morgan fingerprint density at radius 3 is 2.45 bits per heavy atom. The van der Waals surface area contributed by atoms with Crippen LogP contribution in [0.25, 0.3) is 0 Å². The van der Waals surface area contributed by atoms with Gasteiger partial charge in [0.2, 0.25) is 0 Å². The second kappa shape index (κ2) is 6.08. The van der Waals surface area contributed by atoms with Crippen molar-refractivity contribution < 1.29 is 22.0 Å². The molecular formula is C11H21N6O4S+. The van der Waals surface area contributed by atoms with Crippen molar-refractivity contribution >= 4 is 28.2 Å². The quantitative estimate of drug-likeness (QED) is 0.467. The average molecular weight is 333 g/mol. The second-order valence-corrected chi connectivity index (χ2v) is 6.63. The van der Waals surface area contributed by atoms with Gasteiger partial charge in [-0.05, 0) is 29.4 Å². The van der Waals surface area contributed by atoms with E-state index in [9.17, 15) is 8.42 Å². The number of piperidine rings is 1. The SMILES string of the molecule is CC(C)C1CCCN(c2nc(N)[n+](OS(=O)(=O)O)c(N)n2)C1. The summed E-state index contributed by atoms with van der Waals surface area (Å²) < 4.78 is 34.9. The summed E-state index contributed by atoms with van der Waals surface area (Å²) in [6, 6.07) is 0. The van der Waals surface area contributed by atoms with E-state index in [1.54, 1.807) is 0 Å². The van der Waals surface area contributed by atoms with Gasteiger partial charge in [0.25, 0.3) is 0 Å². The van der Waals surface area contributed by atoms with Gasteiger partial charge in [0.1, 0.15) is 0 Å². The maximum atomic E-state index is 10.7. The van der Waals surface area contributed by atoms with Crippen molar-refractivity contribution in [2.75, 3.05) is 29.5 Å². The number of nitrogens with two attached hydrogens (primary N) is 2. The molecule has 0 saturated carbocycles. The third kappa shape index (κ3) is 3.85. The van der Waals surface area contributed by atoms with Crippen LogP contribution in [0, 0.1) is 11.8 Å². The standard InChI is InChI=1S/C11H20N6O4S/c1-7(2)8-4-3-5-16(6-8)11-14-9(12)17(10(13)15-11)21-22(18,19)20/h7-8H,3-6H2,1-2H3,(H4,12,13,14,15,18,19,20)/p+1. The highest BCUT2D eigenvalue weighted by Crippen LogP contribution is 2.25. The van der Waals surface area contributed by atoms with E-state index in [1.807, 2.05) is 4.90 Å². The monoisotopic (exact) mass is 333 g/mol. The van der Waals surface area contributed by atoms with Crippen LogP contribution in [0.3, 0.4) is 0 Å². The van der Waals surface area contributed by atoms with Crippen molar-refractivity contribution in [3.05, 3.63) is 0 Å². The summed E-state index contributed by atoms with van der Waals surface area (Å²) in [5.74, 6) is 0.740. The summed E-state index contributed by atoms with van der Waals surface area (Å²) in [4.78, 5) is 9.98. The Bertz CT molecular complexity index is 627. The fraction of sp³-hybridized carbons (Fsp3) is 0.727. The Labute approximate surface area is 129 Å². The van der Waals surface area contributed by atoms with Crippen molar-refractivity contribution in [1.29, 1.82) is 0 Å². The number of hydrogen-bond acceptors (Lipinski definition) is 8. The molecule has 5 N–H and O–H groups in total. The summed E-state index contributed by atoms with van der Waals surface area (Å²) in [6.07, 6.45) is 2.14. The maximum Gasteiger partial charge on any atom is 0.472 e. The molecule has 1 aliphatic heterocycles. The van der Waals surface area contributed by atoms with Crippen molar-refractivity contribution in [1.82, 2.24) is 9.97 Å². The Hall–Kier alpha value is -1.88. The number of nitrogen functional groups attached to an aromatic ring is 2. The summed E-state index contributed by atoms with van der Waals surface area (Å²) in [7, 11) is -4.77. The first-order chi connectivity index (χ1) is 10.2. The van der Waals surface area contributed by atoms with Gasteiger partial charge in [0, 0.05) is 13.1 Å². The van der Waals surface area contributed by atoms with Crippen LogP contribution >= 0.6 is 0 Å². The van der Waals surface area contributed by atoms with Gasteiger partial charge in [0.05, 0.1) is 0 Å². The first-order valence-corrected chi connectivity index (χ1v) is 8.31. The number of rotatable bonds is 4. The molecule has 0 aliphatic carbocycles. The summed E-state index contributed by atoms with van der Waals surface area (Å²) in [5, 5.41) is 0. The maximum absolute atomic E-state index is 10.7. The van der Waals surface area contributed by atoms with Crippen LogP contribution in [0.4, 0.5) is 17.8 Å². The van der Waals surface area contributed by atoms with E-state index in [1.165, 1.54) is 0 Å². The molecule has 1 atom stereocenters. The van der Waals surface area contributed by atoms with Gasteiger partial charge in [-0.3, -0.25) is 4.55 Å². The minimum absolute atomic E-state index is 0.313.